The maximum Gasteiger partial charge on any atom is 0.272 e. The van der Waals surface area contributed by atoms with Crippen molar-refractivity contribution in [3.63, 3.8) is 0 Å². The van der Waals surface area contributed by atoms with Gasteiger partial charge in [-0.25, -0.2) is 14.4 Å². The summed E-state index contributed by atoms with van der Waals surface area (Å²) in [5, 5.41) is 12.6. The van der Waals surface area contributed by atoms with E-state index < -0.39 is 0 Å². The molecule has 0 bridgehead atoms. The SMILES string of the molecule is C=C(N)S/C(=C(\C)c1cccc(NC(=O)c2cccn2C)c1)c1ccnc(Nc2ccc(NCCCNC)c(F)c2)n1. The number of amides is 1. The summed E-state index contributed by atoms with van der Waals surface area (Å²) in [6.45, 7) is 7.34. The van der Waals surface area contributed by atoms with Gasteiger partial charge in [-0.05, 0) is 86.6 Å². The largest absolute Gasteiger partial charge is 0.394 e. The summed E-state index contributed by atoms with van der Waals surface area (Å²) in [5.74, 6) is -0.267. The van der Waals surface area contributed by atoms with Gasteiger partial charge in [0.15, 0.2) is 0 Å². The number of nitrogens with one attached hydrogen (secondary N) is 4. The third-order valence-electron chi connectivity index (χ3n) is 6.34. The van der Waals surface area contributed by atoms with Crippen molar-refractivity contribution in [2.75, 3.05) is 36.1 Å². The molecular formula is C31H35FN8OS. The number of halogens is 1. The zero-order chi connectivity index (χ0) is 30.1. The van der Waals surface area contributed by atoms with Gasteiger partial charge in [-0.3, -0.25) is 4.79 Å². The molecule has 6 N–H and O–H groups in total. The monoisotopic (exact) mass is 586 g/mol. The molecule has 0 aliphatic carbocycles. The lowest BCUT2D eigenvalue weighted by Gasteiger charge is -2.14. The molecular weight excluding hydrogens is 551 g/mol. The number of rotatable bonds is 13. The Morgan fingerprint density at radius 1 is 1.10 bits per heavy atom. The predicted octanol–water partition coefficient (Wildman–Crippen LogP) is 6.02. The summed E-state index contributed by atoms with van der Waals surface area (Å²) < 4.78 is 16.5. The van der Waals surface area contributed by atoms with Gasteiger partial charge in [-0.15, -0.1) is 0 Å². The summed E-state index contributed by atoms with van der Waals surface area (Å²) in [7, 11) is 3.71. The Labute approximate surface area is 249 Å². The number of hydrogen-bond acceptors (Lipinski definition) is 8. The van der Waals surface area contributed by atoms with Gasteiger partial charge in [-0.1, -0.05) is 30.5 Å². The van der Waals surface area contributed by atoms with E-state index in [1.54, 1.807) is 35.0 Å². The second-order valence-electron chi connectivity index (χ2n) is 9.53. The van der Waals surface area contributed by atoms with Gasteiger partial charge < -0.3 is 31.6 Å². The lowest BCUT2D eigenvalue weighted by Crippen LogP contribution is -2.15. The zero-order valence-electron chi connectivity index (χ0n) is 23.9. The summed E-state index contributed by atoms with van der Waals surface area (Å²) in [5.41, 5.74) is 10.6. The highest BCUT2D eigenvalue weighted by Crippen LogP contribution is 2.37. The number of hydrogen-bond donors (Lipinski definition) is 5. The average molecular weight is 587 g/mol. The molecule has 0 saturated carbocycles. The molecule has 2 aromatic heterocycles. The van der Waals surface area contributed by atoms with Crippen LogP contribution in [0.2, 0.25) is 0 Å². The number of thioether (sulfide) groups is 1. The zero-order valence-corrected chi connectivity index (χ0v) is 24.7. The molecule has 9 nitrogen and oxygen atoms in total. The predicted molar refractivity (Wildman–Crippen MR) is 172 cm³/mol. The van der Waals surface area contributed by atoms with Crippen molar-refractivity contribution in [1.82, 2.24) is 19.9 Å². The number of anilines is 4. The first-order chi connectivity index (χ1) is 20.2. The minimum Gasteiger partial charge on any atom is -0.394 e. The van der Waals surface area contributed by atoms with Gasteiger partial charge in [0, 0.05) is 42.3 Å². The van der Waals surface area contributed by atoms with Crippen molar-refractivity contribution in [3.8, 4) is 0 Å². The smallest absolute Gasteiger partial charge is 0.272 e. The van der Waals surface area contributed by atoms with Crippen LogP contribution < -0.4 is 27.0 Å². The van der Waals surface area contributed by atoms with E-state index in [1.807, 2.05) is 57.5 Å². The van der Waals surface area contributed by atoms with E-state index in [4.69, 9.17) is 5.73 Å². The van der Waals surface area contributed by atoms with Crippen LogP contribution in [-0.4, -0.2) is 40.6 Å². The molecule has 2 heterocycles. The Bertz CT molecular complexity index is 1600. The van der Waals surface area contributed by atoms with Crippen LogP contribution in [0.1, 0.15) is 35.1 Å². The van der Waals surface area contributed by atoms with Crippen LogP contribution in [0.15, 0.2) is 84.7 Å². The van der Waals surface area contributed by atoms with Crippen molar-refractivity contribution in [2.24, 2.45) is 12.8 Å². The quantitative estimate of drug-likeness (QED) is 0.121. The molecule has 4 aromatic rings. The van der Waals surface area contributed by atoms with E-state index in [9.17, 15) is 9.18 Å². The number of aromatic nitrogens is 3. The molecule has 42 heavy (non-hydrogen) atoms. The molecule has 4 rings (SSSR count). The highest BCUT2D eigenvalue weighted by molar-refractivity contribution is 8.11. The Balaban J connectivity index is 1.57. The molecule has 1 amide bonds. The van der Waals surface area contributed by atoms with Crippen LogP contribution in [0.3, 0.4) is 0 Å². The second kappa shape index (κ2) is 14.3. The molecule has 0 unspecified atom stereocenters. The summed E-state index contributed by atoms with van der Waals surface area (Å²) in [6.07, 6.45) is 4.33. The number of nitrogens with two attached hydrogens (primary N) is 1. The van der Waals surface area contributed by atoms with Crippen LogP contribution >= 0.6 is 11.8 Å². The summed E-state index contributed by atoms with van der Waals surface area (Å²) in [4.78, 5) is 22.5. The van der Waals surface area contributed by atoms with E-state index in [0.29, 0.717) is 46.0 Å². The topological polar surface area (TPSA) is 122 Å². The third kappa shape index (κ3) is 7.99. The van der Waals surface area contributed by atoms with Crippen LogP contribution in [-0.2, 0) is 7.05 Å². The molecule has 11 heteroatoms. The first kappa shape index (κ1) is 30.4. The molecule has 218 valence electrons. The van der Waals surface area contributed by atoms with E-state index >= 15 is 0 Å². The van der Waals surface area contributed by atoms with Crippen molar-refractivity contribution >= 4 is 51.2 Å². The van der Waals surface area contributed by atoms with E-state index in [1.165, 1.54) is 17.8 Å². The van der Waals surface area contributed by atoms with Crippen molar-refractivity contribution in [3.05, 3.63) is 107 Å². The number of carbonyl (C=O) groups is 1. The summed E-state index contributed by atoms with van der Waals surface area (Å²) in [6, 6.07) is 17.8. The fraction of sp³-hybridized carbons (Fsp3) is 0.194. The van der Waals surface area contributed by atoms with Crippen LogP contribution in [0, 0.1) is 5.82 Å². The molecule has 0 radical (unpaired) electrons. The van der Waals surface area contributed by atoms with E-state index in [0.717, 1.165) is 29.0 Å². The fourth-order valence-electron chi connectivity index (χ4n) is 4.20. The van der Waals surface area contributed by atoms with Crippen molar-refractivity contribution < 1.29 is 9.18 Å². The molecule has 0 saturated heterocycles. The Morgan fingerprint density at radius 3 is 2.64 bits per heavy atom. The van der Waals surface area contributed by atoms with Gasteiger partial charge in [-0.2, -0.15) is 0 Å². The van der Waals surface area contributed by atoms with E-state index in [2.05, 4.69) is 37.8 Å². The molecule has 0 aliphatic heterocycles. The maximum absolute atomic E-state index is 14.7. The Morgan fingerprint density at radius 2 is 1.93 bits per heavy atom. The standard InChI is InChI=1S/C31H35FN8OS/c1-20(22-8-5-9-23(18-22)37-30(41)28-10-6-17-40(28)4)29(42-21(2)33)27-13-16-36-31(39-27)38-24-11-12-26(25(32)19-24)35-15-7-14-34-3/h5-6,8-13,16-19,34-35H,2,7,14-15,33H2,1,3-4H3,(H,37,41)(H,36,38,39)/b29-20+. The highest BCUT2D eigenvalue weighted by atomic mass is 32.2. The first-order valence-corrected chi connectivity index (χ1v) is 14.2. The normalized spacial score (nSPS) is 11.5. The molecule has 0 atom stereocenters. The van der Waals surface area contributed by atoms with Crippen LogP contribution in [0.4, 0.5) is 27.4 Å². The van der Waals surface area contributed by atoms with Gasteiger partial charge in [0.25, 0.3) is 5.91 Å². The number of benzene rings is 2. The minimum atomic E-state index is -0.369. The molecule has 0 fully saturated rings. The molecule has 0 spiro atoms. The van der Waals surface area contributed by atoms with Crippen molar-refractivity contribution in [1.29, 1.82) is 0 Å². The van der Waals surface area contributed by atoms with Gasteiger partial charge in [0.05, 0.1) is 16.4 Å². The third-order valence-corrected chi connectivity index (χ3v) is 7.32. The number of aryl methyl sites for hydroxylation is 1. The van der Waals surface area contributed by atoms with Gasteiger partial charge in [0.2, 0.25) is 5.95 Å². The van der Waals surface area contributed by atoms with Crippen molar-refractivity contribution in [2.45, 2.75) is 13.3 Å². The maximum atomic E-state index is 14.7. The molecule has 2 aromatic carbocycles. The first-order valence-electron chi connectivity index (χ1n) is 13.4. The Kier molecular flexibility index (Phi) is 10.4. The Hall–Kier alpha value is -4.61. The van der Waals surface area contributed by atoms with Crippen LogP contribution in [0.25, 0.3) is 10.5 Å². The number of allylic oxidation sites excluding steroid dienone is 1. The highest BCUT2D eigenvalue weighted by Gasteiger charge is 2.15. The minimum absolute atomic E-state index is 0.202. The van der Waals surface area contributed by atoms with Gasteiger partial charge in [0.1, 0.15) is 11.5 Å². The lowest BCUT2D eigenvalue weighted by atomic mass is 10.1. The number of nitrogens with zero attached hydrogens (tertiary/aromatic N) is 3. The summed E-state index contributed by atoms with van der Waals surface area (Å²) >= 11 is 1.29. The fourth-order valence-corrected chi connectivity index (χ4v) is 4.96. The second-order valence-corrected chi connectivity index (χ2v) is 10.7. The average Bonchev–Trinajstić information content (AvgIpc) is 3.41. The number of carbonyl (C=O) groups excluding carboxylic acids is 1. The lowest BCUT2D eigenvalue weighted by molar-refractivity contribution is 0.101. The molecule has 0 aliphatic rings. The van der Waals surface area contributed by atoms with E-state index in [-0.39, 0.29) is 11.7 Å². The van der Waals surface area contributed by atoms with Gasteiger partial charge >= 0.3 is 0 Å². The van der Waals surface area contributed by atoms with Crippen LogP contribution in [0.5, 0.6) is 0 Å².